The number of rotatable bonds is 42. The normalized spacial score (nSPS) is 13.9. The van der Waals surface area contributed by atoms with Gasteiger partial charge < -0.3 is 28.5 Å². The van der Waals surface area contributed by atoms with Gasteiger partial charge in [-0.25, -0.2) is 4.79 Å². The number of aliphatic carboxylic acids is 1. The zero-order valence-electron chi connectivity index (χ0n) is 40.2. The molecule has 0 saturated heterocycles. The minimum atomic E-state index is -1.53. The first kappa shape index (κ1) is 58.9. The van der Waals surface area contributed by atoms with Crippen molar-refractivity contribution in [1.82, 2.24) is 0 Å². The molecular weight excluding hydrogens is 791 g/mol. The first-order valence-corrected chi connectivity index (χ1v) is 24.1. The Morgan fingerprint density at radius 3 is 1.30 bits per heavy atom. The molecule has 2 atom stereocenters. The Kier molecular flexibility index (Phi) is 41.7. The van der Waals surface area contributed by atoms with Gasteiger partial charge >= 0.3 is 17.9 Å². The maximum atomic E-state index is 12.8. The van der Waals surface area contributed by atoms with E-state index in [9.17, 15) is 19.5 Å². The van der Waals surface area contributed by atoms with Gasteiger partial charge in [-0.1, -0.05) is 155 Å². The molecule has 1 N–H and O–H groups in total. The van der Waals surface area contributed by atoms with Crippen molar-refractivity contribution >= 4 is 17.9 Å². The van der Waals surface area contributed by atoms with Crippen molar-refractivity contribution in [3.63, 3.8) is 0 Å². The number of unbranched alkanes of at least 4 members (excludes halogenated alkanes) is 9. The van der Waals surface area contributed by atoms with E-state index in [-0.39, 0.29) is 32.7 Å². The molecule has 9 heteroatoms. The van der Waals surface area contributed by atoms with Crippen molar-refractivity contribution in [2.24, 2.45) is 0 Å². The number of esters is 2. The standard InChI is InChI=1S/C54H87NO8/c1-6-8-10-12-14-16-18-20-22-23-24-25-26-27-28-29-31-33-35-37-39-41-43-45-52(57)63-50(49-62-54(53(58)59)60-47-46-55(3,4)5)48-61-51(56)44-42-40-38-36-34-32-30-21-19-17-15-13-11-9-7-2/h8-11,14-17,20-22,24-25,27-28,30,34,36,50,54H,6-7,12-13,18-19,23,26,29,31-33,35,37-49H2,1-5H3/p+1/b10-8-,11-9-,16-14-,17-15-,22-20-,25-24-,28-27-,30-21-,36-34-. The van der Waals surface area contributed by atoms with Crippen molar-refractivity contribution in [2.75, 3.05) is 47.5 Å². The minimum Gasteiger partial charge on any atom is -0.477 e. The molecule has 0 aromatic carbocycles. The fourth-order valence-electron chi connectivity index (χ4n) is 5.85. The third-order valence-corrected chi connectivity index (χ3v) is 9.52. The van der Waals surface area contributed by atoms with Crippen LogP contribution in [0.4, 0.5) is 0 Å². The smallest absolute Gasteiger partial charge is 0.361 e. The molecule has 0 fully saturated rings. The second-order valence-electron chi connectivity index (χ2n) is 16.7. The van der Waals surface area contributed by atoms with Crippen molar-refractivity contribution in [1.29, 1.82) is 0 Å². The summed E-state index contributed by atoms with van der Waals surface area (Å²) in [5, 5.41) is 9.65. The Bertz CT molecular complexity index is 1390. The van der Waals surface area contributed by atoms with Crippen LogP contribution in [0.15, 0.2) is 109 Å². The fourth-order valence-corrected chi connectivity index (χ4v) is 5.85. The topological polar surface area (TPSA) is 108 Å². The molecule has 0 aromatic heterocycles. The average molecular weight is 879 g/mol. The molecule has 0 bridgehead atoms. The number of carbonyl (C=O) groups excluding carboxylic acids is 2. The molecule has 2 unspecified atom stereocenters. The molecule has 0 rings (SSSR count). The number of nitrogens with zero attached hydrogens (tertiary/aromatic N) is 1. The summed E-state index contributed by atoms with van der Waals surface area (Å²) in [6.07, 6.45) is 57.2. The van der Waals surface area contributed by atoms with E-state index in [2.05, 4.69) is 123 Å². The molecular formula is C54H88NO8+. The predicted molar refractivity (Wildman–Crippen MR) is 262 cm³/mol. The highest BCUT2D eigenvalue weighted by Gasteiger charge is 2.25. The lowest BCUT2D eigenvalue weighted by Gasteiger charge is -2.25. The molecule has 0 aliphatic heterocycles. The Balaban J connectivity index is 4.47. The molecule has 0 aliphatic carbocycles. The first-order chi connectivity index (χ1) is 30.6. The summed E-state index contributed by atoms with van der Waals surface area (Å²) in [6, 6.07) is 0. The van der Waals surface area contributed by atoms with Gasteiger partial charge in [0.1, 0.15) is 13.2 Å². The Morgan fingerprint density at radius 2 is 0.857 bits per heavy atom. The van der Waals surface area contributed by atoms with E-state index >= 15 is 0 Å². The third kappa shape index (κ3) is 45.8. The van der Waals surface area contributed by atoms with Gasteiger partial charge in [0.2, 0.25) is 0 Å². The van der Waals surface area contributed by atoms with E-state index < -0.39 is 30.3 Å². The number of hydrogen-bond donors (Lipinski definition) is 1. The van der Waals surface area contributed by atoms with Gasteiger partial charge in [0.05, 0.1) is 34.4 Å². The molecule has 0 spiro atoms. The van der Waals surface area contributed by atoms with E-state index in [1.807, 2.05) is 21.1 Å². The van der Waals surface area contributed by atoms with E-state index in [1.165, 1.54) is 19.3 Å². The summed E-state index contributed by atoms with van der Waals surface area (Å²) in [4.78, 5) is 37.2. The third-order valence-electron chi connectivity index (χ3n) is 9.52. The van der Waals surface area contributed by atoms with Crippen LogP contribution < -0.4 is 0 Å². The van der Waals surface area contributed by atoms with Crippen LogP contribution in [0, 0.1) is 0 Å². The van der Waals surface area contributed by atoms with Crippen LogP contribution in [0.1, 0.15) is 155 Å². The number of hydrogen-bond acceptors (Lipinski definition) is 7. The van der Waals surface area contributed by atoms with E-state index in [0.29, 0.717) is 23.9 Å². The number of carbonyl (C=O) groups is 3. The molecule has 356 valence electrons. The Hall–Kier alpha value is -4.05. The Labute approximate surface area is 384 Å². The molecule has 0 saturated carbocycles. The summed E-state index contributed by atoms with van der Waals surface area (Å²) in [5.41, 5.74) is 0. The SMILES string of the molecule is CC/C=C\C/C=C\C/C=C\C/C=C\C/C=C\CCCCCCCCCC(=O)OC(COC(=O)CCCC/C=C\C/C=C\C/C=C\C/C=C\CC)COC(OCC[N+](C)(C)C)C(=O)O. The monoisotopic (exact) mass is 879 g/mol. The highest BCUT2D eigenvalue weighted by Crippen LogP contribution is 2.12. The van der Waals surface area contributed by atoms with Gasteiger partial charge in [-0.05, 0) is 96.3 Å². The second-order valence-corrected chi connectivity index (χ2v) is 16.7. The average Bonchev–Trinajstić information content (AvgIpc) is 3.24. The molecule has 0 radical (unpaired) electrons. The quantitative estimate of drug-likeness (QED) is 0.0212. The number of carboxylic acid groups (broad SMARTS) is 1. The molecule has 0 heterocycles. The number of likely N-dealkylation sites (N-methyl/N-ethyl adjacent to an activating group) is 1. The summed E-state index contributed by atoms with van der Waals surface area (Å²) in [5.74, 6) is -2.10. The second kappa shape index (κ2) is 44.6. The molecule has 0 amide bonds. The van der Waals surface area contributed by atoms with Crippen molar-refractivity contribution in [2.45, 2.75) is 167 Å². The Morgan fingerprint density at radius 1 is 0.476 bits per heavy atom. The van der Waals surface area contributed by atoms with Gasteiger partial charge in [-0.3, -0.25) is 9.59 Å². The number of carboxylic acids is 1. The van der Waals surface area contributed by atoms with Crippen LogP contribution in [0.2, 0.25) is 0 Å². The predicted octanol–water partition coefficient (Wildman–Crippen LogP) is 13.2. The summed E-state index contributed by atoms with van der Waals surface area (Å²) in [6.45, 7) is 4.55. The van der Waals surface area contributed by atoms with Crippen LogP contribution in [-0.4, -0.2) is 87.4 Å². The van der Waals surface area contributed by atoms with Gasteiger partial charge in [0, 0.05) is 12.8 Å². The van der Waals surface area contributed by atoms with Crippen LogP contribution in [0.5, 0.6) is 0 Å². The van der Waals surface area contributed by atoms with Crippen LogP contribution in [-0.2, 0) is 33.3 Å². The highest BCUT2D eigenvalue weighted by atomic mass is 16.7. The number of allylic oxidation sites excluding steroid dienone is 18. The first-order valence-electron chi connectivity index (χ1n) is 24.1. The maximum absolute atomic E-state index is 12.8. The van der Waals surface area contributed by atoms with E-state index in [0.717, 1.165) is 96.3 Å². The van der Waals surface area contributed by atoms with E-state index in [1.54, 1.807) is 0 Å². The maximum Gasteiger partial charge on any atom is 0.361 e. The van der Waals surface area contributed by atoms with Gasteiger partial charge in [-0.15, -0.1) is 0 Å². The zero-order valence-corrected chi connectivity index (χ0v) is 40.2. The lowest BCUT2D eigenvalue weighted by Crippen LogP contribution is -2.40. The molecule has 0 aromatic rings. The van der Waals surface area contributed by atoms with Crippen LogP contribution in [0.3, 0.4) is 0 Å². The van der Waals surface area contributed by atoms with Gasteiger partial charge in [0.25, 0.3) is 6.29 Å². The minimum absolute atomic E-state index is 0.172. The van der Waals surface area contributed by atoms with Gasteiger partial charge in [-0.2, -0.15) is 0 Å². The number of ether oxygens (including phenoxy) is 4. The van der Waals surface area contributed by atoms with Crippen LogP contribution in [0.25, 0.3) is 0 Å². The van der Waals surface area contributed by atoms with Crippen LogP contribution >= 0.6 is 0 Å². The molecule has 0 aliphatic rings. The summed E-state index contributed by atoms with van der Waals surface area (Å²) < 4.78 is 22.7. The largest absolute Gasteiger partial charge is 0.477 e. The zero-order chi connectivity index (χ0) is 46.3. The van der Waals surface area contributed by atoms with Crippen molar-refractivity contribution in [3.05, 3.63) is 109 Å². The van der Waals surface area contributed by atoms with Crippen molar-refractivity contribution in [3.8, 4) is 0 Å². The molecule has 9 nitrogen and oxygen atoms in total. The number of quaternary nitrogens is 1. The van der Waals surface area contributed by atoms with Gasteiger partial charge in [0.15, 0.2) is 6.10 Å². The molecule has 63 heavy (non-hydrogen) atoms. The highest BCUT2D eigenvalue weighted by molar-refractivity contribution is 5.71. The van der Waals surface area contributed by atoms with Crippen molar-refractivity contribution < 1.29 is 42.9 Å². The lowest BCUT2D eigenvalue weighted by atomic mass is 10.1. The van der Waals surface area contributed by atoms with E-state index in [4.69, 9.17) is 18.9 Å². The summed E-state index contributed by atoms with van der Waals surface area (Å²) >= 11 is 0. The fraction of sp³-hybridized carbons (Fsp3) is 0.611. The summed E-state index contributed by atoms with van der Waals surface area (Å²) in [7, 11) is 5.93. The lowest BCUT2D eigenvalue weighted by molar-refractivity contribution is -0.870.